The van der Waals surface area contributed by atoms with Crippen LogP contribution in [0.4, 0.5) is 15.8 Å². The third-order valence-corrected chi connectivity index (χ3v) is 4.63. The summed E-state index contributed by atoms with van der Waals surface area (Å²) in [5.41, 5.74) is 2.62. The standard InChI is InChI=1S/C19H21ClFN3O/c1-14-4-2-3-5-18(14)24-10-8-23(9-11-24)13-19(25)22-17-12-15(20)6-7-16(17)21/h2-7,12H,8-11,13H2,1H3,(H,22,25). The van der Waals surface area contributed by atoms with E-state index in [0.29, 0.717) is 5.02 Å². The largest absolute Gasteiger partial charge is 0.369 e. The summed E-state index contributed by atoms with van der Waals surface area (Å²) in [6.07, 6.45) is 0. The normalized spacial score (nSPS) is 15.2. The van der Waals surface area contributed by atoms with Crippen LogP contribution >= 0.6 is 11.6 Å². The third kappa shape index (κ3) is 4.50. The van der Waals surface area contributed by atoms with Gasteiger partial charge in [-0.15, -0.1) is 0 Å². The van der Waals surface area contributed by atoms with Crippen LogP contribution in [0, 0.1) is 12.7 Å². The number of aryl methyl sites for hydroxylation is 1. The molecule has 1 heterocycles. The van der Waals surface area contributed by atoms with Crippen molar-refractivity contribution in [1.82, 2.24) is 4.90 Å². The molecule has 1 amide bonds. The molecule has 0 spiro atoms. The van der Waals surface area contributed by atoms with E-state index in [-0.39, 0.29) is 18.1 Å². The van der Waals surface area contributed by atoms with Crippen molar-refractivity contribution in [3.05, 3.63) is 58.9 Å². The van der Waals surface area contributed by atoms with Crippen molar-refractivity contribution in [2.75, 3.05) is 42.9 Å². The minimum Gasteiger partial charge on any atom is -0.369 e. The highest BCUT2D eigenvalue weighted by Crippen LogP contribution is 2.21. The van der Waals surface area contributed by atoms with E-state index in [9.17, 15) is 9.18 Å². The van der Waals surface area contributed by atoms with Gasteiger partial charge in [-0.2, -0.15) is 0 Å². The van der Waals surface area contributed by atoms with Gasteiger partial charge in [0.25, 0.3) is 0 Å². The molecule has 2 aromatic rings. The minimum atomic E-state index is -0.484. The second-order valence-electron chi connectivity index (χ2n) is 6.22. The van der Waals surface area contributed by atoms with E-state index in [0.717, 1.165) is 26.2 Å². The van der Waals surface area contributed by atoms with Gasteiger partial charge in [0.15, 0.2) is 0 Å². The molecule has 0 bridgehead atoms. The van der Waals surface area contributed by atoms with Crippen LogP contribution in [0.2, 0.25) is 5.02 Å². The maximum absolute atomic E-state index is 13.7. The minimum absolute atomic E-state index is 0.121. The van der Waals surface area contributed by atoms with Gasteiger partial charge in [0, 0.05) is 36.9 Å². The molecule has 6 heteroatoms. The molecule has 0 aromatic heterocycles. The Bertz CT molecular complexity index is 760. The van der Waals surface area contributed by atoms with Crippen molar-refractivity contribution >= 4 is 28.9 Å². The molecule has 132 valence electrons. The van der Waals surface area contributed by atoms with Gasteiger partial charge in [-0.3, -0.25) is 9.69 Å². The fraction of sp³-hybridized carbons (Fsp3) is 0.316. The first-order valence-electron chi connectivity index (χ1n) is 8.31. The number of benzene rings is 2. The van der Waals surface area contributed by atoms with Gasteiger partial charge in [0.2, 0.25) is 5.91 Å². The van der Waals surface area contributed by atoms with Crippen molar-refractivity contribution in [2.45, 2.75) is 6.92 Å². The molecule has 0 unspecified atom stereocenters. The smallest absolute Gasteiger partial charge is 0.238 e. The Labute approximate surface area is 152 Å². The van der Waals surface area contributed by atoms with Crippen LogP contribution in [0.25, 0.3) is 0 Å². The second-order valence-corrected chi connectivity index (χ2v) is 6.66. The highest BCUT2D eigenvalue weighted by atomic mass is 35.5. The van der Waals surface area contributed by atoms with Crippen molar-refractivity contribution in [2.24, 2.45) is 0 Å². The highest BCUT2D eigenvalue weighted by molar-refractivity contribution is 6.30. The summed E-state index contributed by atoms with van der Waals surface area (Å²) >= 11 is 5.85. The second kappa shape index (κ2) is 7.85. The Morgan fingerprint density at radius 2 is 1.88 bits per heavy atom. The quantitative estimate of drug-likeness (QED) is 0.904. The lowest BCUT2D eigenvalue weighted by Gasteiger charge is -2.36. The number of anilines is 2. The Morgan fingerprint density at radius 1 is 1.16 bits per heavy atom. The van der Waals surface area contributed by atoms with Crippen molar-refractivity contribution in [3.63, 3.8) is 0 Å². The van der Waals surface area contributed by atoms with E-state index in [2.05, 4.69) is 34.2 Å². The molecule has 1 saturated heterocycles. The van der Waals surface area contributed by atoms with Crippen LogP contribution in [0.5, 0.6) is 0 Å². The number of hydrogen-bond acceptors (Lipinski definition) is 3. The number of carbonyl (C=O) groups is 1. The molecular formula is C19H21ClFN3O. The summed E-state index contributed by atoms with van der Waals surface area (Å²) in [6, 6.07) is 12.4. The van der Waals surface area contributed by atoms with E-state index in [4.69, 9.17) is 11.6 Å². The fourth-order valence-corrected chi connectivity index (χ4v) is 3.22. The van der Waals surface area contributed by atoms with Gasteiger partial charge in [-0.25, -0.2) is 4.39 Å². The summed E-state index contributed by atoms with van der Waals surface area (Å²) in [5.74, 6) is -0.715. The van der Waals surface area contributed by atoms with Crippen LogP contribution in [0.3, 0.4) is 0 Å². The van der Waals surface area contributed by atoms with Crippen molar-refractivity contribution in [1.29, 1.82) is 0 Å². The molecular weight excluding hydrogens is 341 g/mol. The maximum atomic E-state index is 13.7. The molecule has 0 atom stereocenters. The lowest BCUT2D eigenvalue weighted by atomic mass is 10.1. The number of para-hydroxylation sites is 1. The molecule has 3 rings (SSSR count). The first-order chi connectivity index (χ1) is 12.0. The first kappa shape index (κ1) is 17.7. The summed E-state index contributed by atoms with van der Waals surface area (Å²) < 4.78 is 13.7. The first-order valence-corrected chi connectivity index (χ1v) is 8.68. The number of nitrogens with one attached hydrogen (secondary N) is 1. The van der Waals surface area contributed by atoms with Crippen LogP contribution < -0.4 is 10.2 Å². The van der Waals surface area contributed by atoms with Crippen LogP contribution in [-0.4, -0.2) is 43.5 Å². The number of rotatable bonds is 4. The summed E-state index contributed by atoms with van der Waals surface area (Å²) in [4.78, 5) is 16.6. The molecule has 4 nitrogen and oxygen atoms in total. The van der Waals surface area contributed by atoms with Gasteiger partial charge in [0.05, 0.1) is 12.2 Å². The molecule has 0 radical (unpaired) electrons. The Morgan fingerprint density at radius 3 is 2.60 bits per heavy atom. The Hall–Kier alpha value is -2.11. The monoisotopic (exact) mass is 361 g/mol. The molecule has 1 N–H and O–H groups in total. The molecule has 2 aromatic carbocycles. The van der Waals surface area contributed by atoms with E-state index in [1.807, 2.05) is 12.1 Å². The average Bonchev–Trinajstić information content (AvgIpc) is 2.59. The fourth-order valence-electron chi connectivity index (χ4n) is 3.05. The topological polar surface area (TPSA) is 35.6 Å². The van der Waals surface area contributed by atoms with Crippen LogP contribution in [-0.2, 0) is 4.79 Å². The lowest BCUT2D eigenvalue weighted by Crippen LogP contribution is -2.48. The predicted molar refractivity (Wildman–Crippen MR) is 99.9 cm³/mol. The summed E-state index contributed by atoms with van der Waals surface area (Å²) in [5, 5.41) is 2.99. The molecule has 0 aliphatic carbocycles. The SMILES string of the molecule is Cc1ccccc1N1CCN(CC(=O)Nc2cc(Cl)ccc2F)CC1. The van der Waals surface area contributed by atoms with Gasteiger partial charge < -0.3 is 10.2 Å². The zero-order chi connectivity index (χ0) is 17.8. The molecule has 25 heavy (non-hydrogen) atoms. The molecule has 1 aliphatic rings. The number of piperazine rings is 1. The van der Waals surface area contributed by atoms with E-state index < -0.39 is 5.82 Å². The average molecular weight is 362 g/mol. The van der Waals surface area contributed by atoms with Gasteiger partial charge in [-0.1, -0.05) is 29.8 Å². The highest BCUT2D eigenvalue weighted by Gasteiger charge is 2.20. The van der Waals surface area contributed by atoms with Crippen LogP contribution in [0.15, 0.2) is 42.5 Å². The van der Waals surface area contributed by atoms with Gasteiger partial charge >= 0.3 is 0 Å². The molecule has 0 saturated carbocycles. The van der Waals surface area contributed by atoms with E-state index in [1.54, 1.807) is 0 Å². The third-order valence-electron chi connectivity index (χ3n) is 4.40. The van der Waals surface area contributed by atoms with Gasteiger partial charge in [0.1, 0.15) is 5.82 Å². The van der Waals surface area contributed by atoms with Crippen molar-refractivity contribution < 1.29 is 9.18 Å². The summed E-state index contributed by atoms with van der Waals surface area (Å²) in [7, 11) is 0. The number of halogens is 2. The van der Waals surface area contributed by atoms with Gasteiger partial charge in [-0.05, 0) is 36.8 Å². The van der Waals surface area contributed by atoms with E-state index >= 15 is 0 Å². The Kier molecular flexibility index (Phi) is 5.56. The van der Waals surface area contributed by atoms with E-state index in [1.165, 1.54) is 29.4 Å². The summed E-state index contributed by atoms with van der Waals surface area (Å²) in [6.45, 7) is 5.66. The lowest BCUT2D eigenvalue weighted by molar-refractivity contribution is -0.117. The zero-order valence-electron chi connectivity index (χ0n) is 14.1. The van der Waals surface area contributed by atoms with Crippen molar-refractivity contribution in [3.8, 4) is 0 Å². The number of carbonyl (C=O) groups excluding carboxylic acids is 1. The maximum Gasteiger partial charge on any atom is 0.238 e. The van der Waals surface area contributed by atoms with Crippen LogP contribution in [0.1, 0.15) is 5.56 Å². The molecule has 1 fully saturated rings. The molecule has 1 aliphatic heterocycles. The predicted octanol–water partition coefficient (Wildman–Crippen LogP) is 3.55. The Balaban J connectivity index is 1.53. The number of nitrogens with zero attached hydrogens (tertiary/aromatic N) is 2. The zero-order valence-corrected chi connectivity index (χ0v) is 14.9. The number of amides is 1. The number of hydrogen-bond donors (Lipinski definition) is 1.